The van der Waals surface area contributed by atoms with Gasteiger partial charge in [-0.3, -0.25) is 9.89 Å². The van der Waals surface area contributed by atoms with Crippen LogP contribution in [0.5, 0.6) is 0 Å². The van der Waals surface area contributed by atoms with Crippen LogP contribution >= 0.6 is 35.3 Å². The topological polar surface area (TPSA) is 42.9 Å². The van der Waals surface area contributed by atoms with Gasteiger partial charge in [-0.15, -0.1) is 35.3 Å². The molecule has 7 heteroatoms. The third-order valence-corrected chi connectivity index (χ3v) is 7.55. The first-order valence-electron chi connectivity index (χ1n) is 11.3. The second kappa shape index (κ2) is 11.3. The second-order valence-corrected chi connectivity index (χ2v) is 9.73. The van der Waals surface area contributed by atoms with Crippen molar-refractivity contribution in [2.24, 2.45) is 10.9 Å². The number of aliphatic imine (C=N–C) groups is 1. The number of hydrogen-bond acceptors (Lipinski definition) is 4. The Kier molecular flexibility index (Phi) is 9.07. The summed E-state index contributed by atoms with van der Waals surface area (Å²) in [5.74, 6) is 1.62. The first kappa shape index (κ1) is 23.3. The summed E-state index contributed by atoms with van der Waals surface area (Å²) in [6, 6.07) is 6.46. The molecule has 5 nitrogen and oxygen atoms in total. The molecular weight excluding hydrogens is 493 g/mol. The molecule has 1 aliphatic carbocycles. The number of hydrogen-bond donors (Lipinski definition) is 2. The van der Waals surface area contributed by atoms with Crippen molar-refractivity contribution in [1.29, 1.82) is 0 Å². The average Bonchev–Trinajstić information content (AvgIpc) is 3.42. The van der Waals surface area contributed by atoms with Gasteiger partial charge in [0.15, 0.2) is 5.96 Å². The molecule has 0 bridgehead atoms. The maximum atomic E-state index is 5.05. The molecule has 3 heterocycles. The summed E-state index contributed by atoms with van der Waals surface area (Å²) in [6.07, 6.45) is 7.88. The molecule has 1 aromatic rings. The van der Waals surface area contributed by atoms with Crippen LogP contribution in [0.25, 0.3) is 0 Å². The molecule has 2 saturated heterocycles. The minimum absolute atomic E-state index is 0. The Morgan fingerprint density at radius 1 is 1.17 bits per heavy atom. The van der Waals surface area contributed by atoms with Gasteiger partial charge in [0.25, 0.3) is 0 Å². The summed E-state index contributed by atoms with van der Waals surface area (Å²) >= 11 is 1.89. The predicted octanol–water partition coefficient (Wildman–Crippen LogP) is 3.93. The lowest BCUT2D eigenvalue weighted by Gasteiger charge is -2.38. The van der Waals surface area contributed by atoms with Crippen LogP contribution < -0.4 is 10.6 Å². The number of likely N-dealkylation sites (tertiary alicyclic amines) is 2. The van der Waals surface area contributed by atoms with Crippen LogP contribution in [0.3, 0.4) is 0 Å². The quantitative estimate of drug-likeness (QED) is 0.332. The molecule has 2 unspecified atom stereocenters. The second-order valence-electron chi connectivity index (χ2n) is 8.75. The van der Waals surface area contributed by atoms with Gasteiger partial charge in [0, 0.05) is 49.2 Å². The normalized spacial score (nSPS) is 27.4. The number of thiophene rings is 1. The first-order chi connectivity index (χ1) is 13.7. The lowest BCUT2D eigenvalue weighted by Crippen LogP contribution is -2.49. The number of piperidine rings is 2. The highest BCUT2D eigenvalue weighted by Gasteiger charge is 2.33. The summed E-state index contributed by atoms with van der Waals surface area (Å²) in [4.78, 5) is 11.8. The van der Waals surface area contributed by atoms with E-state index in [1.165, 1.54) is 63.0 Å². The summed E-state index contributed by atoms with van der Waals surface area (Å²) in [6.45, 7) is 7.68. The standard InChI is InChI=1S/C22H37N5S.HI/c1-3-23-22(25-18-10-13-27(14-11-18)19-8-9-19)24-16-17-6-4-12-26(2)21(17)20-7-5-15-28-20;/h5,7,15,17-19,21H,3-4,6,8-14,16H2,1-2H3,(H2,23,24,25);1H. The zero-order valence-corrected chi connectivity index (χ0v) is 21.1. The number of guanidine groups is 1. The Morgan fingerprint density at radius 2 is 1.97 bits per heavy atom. The van der Waals surface area contributed by atoms with Crippen molar-refractivity contribution < 1.29 is 0 Å². The highest BCUT2D eigenvalue weighted by Crippen LogP contribution is 2.37. The SMILES string of the molecule is CCNC(=NCC1CCCN(C)C1c1cccs1)NC1CCN(C2CC2)CC1.I. The molecule has 0 radical (unpaired) electrons. The minimum atomic E-state index is 0. The van der Waals surface area contributed by atoms with Gasteiger partial charge in [-0.1, -0.05) is 6.07 Å². The van der Waals surface area contributed by atoms with Gasteiger partial charge in [0.05, 0.1) is 0 Å². The average molecular weight is 532 g/mol. The number of nitrogens with zero attached hydrogens (tertiary/aromatic N) is 3. The smallest absolute Gasteiger partial charge is 0.191 e. The number of nitrogens with one attached hydrogen (secondary N) is 2. The third-order valence-electron chi connectivity index (χ3n) is 6.60. The molecule has 0 amide bonds. The van der Waals surface area contributed by atoms with Crippen LogP contribution in [0.15, 0.2) is 22.5 Å². The molecule has 1 aromatic heterocycles. The van der Waals surface area contributed by atoms with E-state index in [9.17, 15) is 0 Å². The third kappa shape index (κ3) is 6.31. The van der Waals surface area contributed by atoms with Gasteiger partial charge >= 0.3 is 0 Å². The molecule has 0 spiro atoms. The van der Waals surface area contributed by atoms with Gasteiger partial charge in [0.2, 0.25) is 0 Å². The van der Waals surface area contributed by atoms with Gasteiger partial charge in [0.1, 0.15) is 0 Å². The van der Waals surface area contributed by atoms with E-state index in [1.807, 2.05) is 11.3 Å². The molecule has 29 heavy (non-hydrogen) atoms. The highest BCUT2D eigenvalue weighted by atomic mass is 127. The molecule has 3 fully saturated rings. The van der Waals surface area contributed by atoms with Crippen LogP contribution in [-0.4, -0.2) is 67.6 Å². The fourth-order valence-electron chi connectivity index (χ4n) is 4.93. The van der Waals surface area contributed by atoms with Crippen molar-refractivity contribution in [1.82, 2.24) is 20.4 Å². The van der Waals surface area contributed by atoms with E-state index in [-0.39, 0.29) is 24.0 Å². The Balaban J connectivity index is 0.00000240. The van der Waals surface area contributed by atoms with Crippen molar-refractivity contribution in [2.75, 3.05) is 39.8 Å². The molecule has 2 atom stereocenters. The molecule has 2 aliphatic heterocycles. The number of rotatable bonds is 6. The molecule has 2 N–H and O–H groups in total. The van der Waals surface area contributed by atoms with Crippen molar-refractivity contribution in [2.45, 2.75) is 63.6 Å². The van der Waals surface area contributed by atoms with Crippen molar-refractivity contribution >= 4 is 41.3 Å². The van der Waals surface area contributed by atoms with E-state index < -0.39 is 0 Å². The van der Waals surface area contributed by atoms with Crippen molar-refractivity contribution in [3.8, 4) is 0 Å². The van der Waals surface area contributed by atoms with E-state index in [0.29, 0.717) is 18.0 Å². The van der Waals surface area contributed by atoms with Gasteiger partial charge < -0.3 is 15.5 Å². The molecule has 1 saturated carbocycles. The Morgan fingerprint density at radius 3 is 2.62 bits per heavy atom. The van der Waals surface area contributed by atoms with E-state index in [1.54, 1.807) is 0 Å². The predicted molar refractivity (Wildman–Crippen MR) is 135 cm³/mol. The maximum absolute atomic E-state index is 5.05. The monoisotopic (exact) mass is 531 g/mol. The highest BCUT2D eigenvalue weighted by molar-refractivity contribution is 14.0. The summed E-state index contributed by atoms with van der Waals surface area (Å²) < 4.78 is 0. The number of halogens is 1. The van der Waals surface area contributed by atoms with Crippen LogP contribution in [0.2, 0.25) is 0 Å². The maximum Gasteiger partial charge on any atom is 0.191 e. The van der Waals surface area contributed by atoms with Crippen molar-refractivity contribution in [3.05, 3.63) is 22.4 Å². The van der Waals surface area contributed by atoms with Gasteiger partial charge in [-0.05, 0) is 76.4 Å². The fourth-order valence-corrected chi connectivity index (χ4v) is 5.91. The largest absolute Gasteiger partial charge is 0.357 e. The Labute approximate surface area is 197 Å². The summed E-state index contributed by atoms with van der Waals surface area (Å²) in [5.41, 5.74) is 0. The van der Waals surface area contributed by atoms with E-state index >= 15 is 0 Å². The van der Waals surface area contributed by atoms with E-state index in [2.05, 4.69) is 51.9 Å². The summed E-state index contributed by atoms with van der Waals surface area (Å²) in [5, 5.41) is 9.44. The molecule has 164 valence electrons. The molecular formula is C22H38IN5S. The summed E-state index contributed by atoms with van der Waals surface area (Å²) in [7, 11) is 2.28. The molecule has 0 aromatic carbocycles. The zero-order valence-electron chi connectivity index (χ0n) is 18.0. The lowest BCUT2D eigenvalue weighted by atomic mass is 9.88. The van der Waals surface area contributed by atoms with Crippen LogP contribution in [0.1, 0.15) is 56.4 Å². The Hall–Kier alpha value is -0.380. The molecule has 3 aliphatic rings. The first-order valence-corrected chi connectivity index (χ1v) is 12.1. The van der Waals surface area contributed by atoms with Crippen molar-refractivity contribution in [3.63, 3.8) is 0 Å². The van der Waals surface area contributed by atoms with Crippen LogP contribution in [0.4, 0.5) is 0 Å². The van der Waals surface area contributed by atoms with Crippen LogP contribution in [-0.2, 0) is 0 Å². The zero-order chi connectivity index (χ0) is 19.3. The van der Waals surface area contributed by atoms with Gasteiger partial charge in [-0.25, -0.2) is 0 Å². The van der Waals surface area contributed by atoms with Gasteiger partial charge in [-0.2, -0.15) is 0 Å². The fraction of sp³-hybridized carbons (Fsp3) is 0.773. The minimum Gasteiger partial charge on any atom is -0.357 e. The van der Waals surface area contributed by atoms with E-state index in [0.717, 1.165) is 25.1 Å². The Bertz CT molecular complexity index is 625. The lowest BCUT2D eigenvalue weighted by molar-refractivity contribution is 0.128. The molecule has 4 rings (SSSR count). The van der Waals surface area contributed by atoms with E-state index in [4.69, 9.17) is 4.99 Å². The van der Waals surface area contributed by atoms with Crippen LogP contribution in [0, 0.1) is 5.92 Å².